The number of nitrogens with two attached hydrogens (primary N) is 1. The quantitative estimate of drug-likeness (QED) is 0.323. The monoisotopic (exact) mass is 475 g/mol. The third kappa shape index (κ3) is 4.06. The normalized spacial score (nSPS) is 11.5. The minimum atomic E-state index is -4.07. The summed E-state index contributed by atoms with van der Waals surface area (Å²) in [5, 5.41) is 5.06. The molecule has 0 aromatic heterocycles. The van der Waals surface area contributed by atoms with E-state index in [4.69, 9.17) is 26.2 Å². The van der Waals surface area contributed by atoms with Gasteiger partial charge in [0.25, 0.3) is 0 Å². The Labute approximate surface area is 180 Å². The summed E-state index contributed by atoms with van der Waals surface area (Å²) < 4.78 is 91.0. The molecule has 3 aromatic carbocycles. The largest absolute Gasteiger partial charge is 0.495 e. The van der Waals surface area contributed by atoms with Crippen LogP contribution in [0.4, 0.5) is 17.6 Å². The molecular formula is C20H14ClF4NO4S. The molecule has 0 atom stereocenters. The van der Waals surface area contributed by atoms with Crippen molar-refractivity contribution in [1.29, 1.82) is 0 Å². The van der Waals surface area contributed by atoms with E-state index in [0.29, 0.717) is 0 Å². The van der Waals surface area contributed by atoms with Crippen LogP contribution in [-0.2, 0) is 10.0 Å². The lowest BCUT2D eigenvalue weighted by atomic mass is 9.92. The molecule has 0 saturated heterocycles. The number of hydrogen-bond acceptors (Lipinski definition) is 4. The highest BCUT2D eigenvalue weighted by molar-refractivity contribution is 7.89. The van der Waals surface area contributed by atoms with E-state index in [9.17, 15) is 26.0 Å². The Morgan fingerprint density at radius 1 is 0.774 bits per heavy atom. The molecule has 0 bridgehead atoms. The molecule has 0 aliphatic rings. The van der Waals surface area contributed by atoms with Crippen molar-refractivity contribution in [2.24, 2.45) is 5.14 Å². The van der Waals surface area contributed by atoms with Crippen molar-refractivity contribution < 1.29 is 35.5 Å². The minimum Gasteiger partial charge on any atom is -0.495 e. The van der Waals surface area contributed by atoms with Gasteiger partial charge in [-0.05, 0) is 35.4 Å². The fraction of sp³-hybridized carbons (Fsp3) is 0.100. The average molecular weight is 476 g/mol. The van der Waals surface area contributed by atoms with Crippen LogP contribution < -0.4 is 14.6 Å². The van der Waals surface area contributed by atoms with E-state index in [1.165, 1.54) is 26.4 Å². The van der Waals surface area contributed by atoms with Crippen molar-refractivity contribution in [3.8, 4) is 33.8 Å². The Bertz CT molecular complexity index is 1260. The highest BCUT2D eigenvalue weighted by Crippen LogP contribution is 2.44. The lowest BCUT2D eigenvalue weighted by Crippen LogP contribution is -2.11. The van der Waals surface area contributed by atoms with E-state index < -0.39 is 44.4 Å². The molecule has 11 heteroatoms. The Hall–Kier alpha value is -2.82. The van der Waals surface area contributed by atoms with E-state index in [1.807, 2.05) is 0 Å². The topological polar surface area (TPSA) is 78.6 Å². The summed E-state index contributed by atoms with van der Waals surface area (Å²) >= 11 is 6.09. The van der Waals surface area contributed by atoms with Crippen LogP contribution in [0.3, 0.4) is 0 Å². The van der Waals surface area contributed by atoms with E-state index in [0.717, 1.165) is 24.3 Å². The molecule has 2 N–H and O–H groups in total. The predicted molar refractivity (Wildman–Crippen MR) is 107 cm³/mol. The molecule has 31 heavy (non-hydrogen) atoms. The molecule has 0 heterocycles. The zero-order valence-electron chi connectivity index (χ0n) is 16.0. The highest BCUT2D eigenvalue weighted by Gasteiger charge is 2.28. The lowest BCUT2D eigenvalue weighted by Gasteiger charge is -2.17. The van der Waals surface area contributed by atoms with E-state index >= 15 is 0 Å². The number of sulfonamides is 1. The van der Waals surface area contributed by atoms with E-state index in [-0.39, 0.29) is 32.5 Å². The van der Waals surface area contributed by atoms with Gasteiger partial charge < -0.3 is 9.47 Å². The third-order valence-corrected chi connectivity index (χ3v) is 5.77. The van der Waals surface area contributed by atoms with Crippen LogP contribution in [-0.4, -0.2) is 22.6 Å². The van der Waals surface area contributed by atoms with Crippen LogP contribution >= 0.6 is 11.6 Å². The van der Waals surface area contributed by atoms with Crippen LogP contribution in [0.5, 0.6) is 11.5 Å². The van der Waals surface area contributed by atoms with Gasteiger partial charge >= 0.3 is 0 Å². The summed E-state index contributed by atoms with van der Waals surface area (Å²) in [4.78, 5) is -0.309. The lowest BCUT2D eigenvalue weighted by molar-refractivity contribution is 0.394. The Morgan fingerprint density at radius 2 is 1.19 bits per heavy atom. The van der Waals surface area contributed by atoms with Gasteiger partial charge in [0, 0.05) is 11.1 Å². The number of halogens is 5. The number of methoxy groups -OCH3 is 2. The molecule has 0 saturated carbocycles. The summed E-state index contributed by atoms with van der Waals surface area (Å²) in [5.74, 6) is -7.38. The van der Waals surface area contributed by atoms with Gasteiger partial charge in [0.1, 0.15) is 16.5 Å². The molecule has 0 radical (unpaired) electrons. The summed E-state index contributed by atoms with van der Waals surface area (Å²) in [6.45, 7) is 0. The van der Waals surface area contributed by atoms with E-state index in [1.54, 1.807) is 0 Å². The molecule has 0 fully saturated rings. The fourth-order valence-electron chi connectivity index (χ4n) is 3.00. The van der Waals surface area contributed by atoms with Gasteiger partial charge in [0.2, 0.25) is 10.0 Å². The van der Waals surface area contributed by atoms with Gasteiger partial charge in [0.05, 0.1) is 19.1 Å². The second kappa shape index (κ2) is 8.37. The first-order chi connectivity index (χ1) is 14.5. The van der Waals surface area contributed by atoms with Crippen molar-refractivity contribution in [2.45, 2.75) is 4.90 Å². The van der Waals surface area contributed by atoms with Crippen molar-refractivity contribution in [1.82, 2.24) is 0 Å². The van der Waals surface area contributed by atoms with Crippen LogP contribution in [0.15, 0.2) is 41.3 Å². The Morgan fingerprint density at radius 3 is 1.58 bits per heavy atom. The number of ether oxygens (including phenoxy) is 2. The summed E-state index contributed by atoms with van der Waals surface area (Å²) in [7, 11) is -1.54. The number of rotatable bonds is 5. The SMILES string of the molecule is COc1cc(-c2c(F)c(F)c(F)c(F)c2-c2ccc(S(N)(=O)=O)cc2)cc(OC)c1Cl. The Balaban J connectivity index is 2.40. The summed E-state index contributed by atoms with van der Waals surface area (Å²) in [5.41, 5.74) is -1.55. The molecule has 3 rings (SSSR count). The van der Waals surface area contributed by atoms with Gasteiger partial charge in [-0.25, -0.2) is 31.1 Å². The smallest absolute Gasteiger partial charge is 0.238 e. The van der Waals surface area contributed by atoms with Crippen molar-refractivity contribution >= 4 is 21.6 Å². The zero-order chi connectivity index (χ0) is 23.1. The first kappa shape index (κ1) is 22.9. The van der Waals surface area contributed by atoms with Gasteiger partial charge in [0.15, 0.2) is 23.3 Å². The molecule has 0 aliphatic heterocycles. The van der Waals surface area contributed by atoms with Crippen molar-refractivity contribution in [2.75, 3.05) is 14.2 Å². The molecular weight excluding hydrogens is 462 g/mol. The van der Waals surface area contributed by atoms with Gasteiger partial charge in [-0.2, -0.15) is 0 Å². The molecule has 164 valence electrons. The van der Waals surface area contributed by atoms with Crippen LogP contribution in [0.1, 0.15) is 0 Å². The van der Waals surface area contributed by atoms with Gasteiger partial charge in [-0.15, -0.1) is 0 Å². The van der Waals surface area contributed by atoms with Crippen LogP contribution in [0.25, 0.3) is 22.3 Å². The molecule has 5 nitrogen and oxygen atoms in total. The maximum absolute atomic E-state index is 14.9. The third-order valence-electron chi connectivity index (χ3n) is 4.47. The maximum atomic E-state index is 14.9. The fourth-order valence-corrected chi connectivity index (χ4v) is 3.78. The number of hydrogen-bond donors (Lipinski definition) is 1. The summed E-state index contributed by atoms with van der Waals surface area (Å²) in [6.07, 6.45) is 0. The summed E-state index contributed by atoms with van der Waals surface area (Å²) in [6, 6.07) is 6.61. The number of benzene rings is 3. The average Bonchev–Trinajstić information content (AvgIpc) is 2.74. The number of primary sulfonamides is 1. The van der Waals surface area contributed by atoms with Crippen molar-refractivity contribution in [3.63, 3.8) is 0 Å². The van der Waals surface area contributed by atoms with Gasteiger partial charge in [-0.3, -0.25) is 0 Å². The second-order valence-corrected chi connectivity index (χ2v) is 8.21. The second-order valence-electron chi connectivity index (χ2n) is 6.27. The van der Waals surface area contributed by atoms with Crippen molar-refractivity contribution in [3.05, 3.63) is 64.7 Å². The first-order valence-electron chi connectivity index (χ1n) is 8.42. The first-order valence-corrected chi connectivity index (χ1v) is 10.3. The van der Waals surface area contributed by atoms with Crippen LogP contribution in [0, 0.1) is 23.3 Å². The van der Waals surface area contributed by atoms with Gasteiger partial charge in [-0.1, -0.05) is 23.7 Å². The standard InChI is InChI=1S/C20H14ClF4NO4S/c1-29-12-7-10(8-13(30-2)16(12)21)15-14(17(22)19(24)20(25)18(15)23)9-3-5-11(6-4-9)31(26,27)28/h3-8H,1-2H3,(H2,26,27,28). The maximum Gasteiger partial charge on any atom is 0.238 e. The molecule has 3 aromatic rings. The molecule has 0 aliphatic carbocycles. The van der Waals surface area contributed by atoms with Crippen LogP contribution in [0.2, 0.25) is 5.02 Å². The Kier molecular flexibility index (Phi) is 6.17. The zero-order valence-corrected chi connectivity index (χ0v) is 17.5. The van der Waals surface area contributed by atoms with E-state index in [2.05, 4.69) is 0 Å². The molecule has 0 unspecified atom stereocenters. The minimum absolute atomic E-state index is 0.0103. The molecule has 0 amide bonds. The molecule has 0 spiro atoms. The predicted octanol–water partition coefficient (Wildman–Crippen LogP) is 4.90. The highest BCUT2D eigenvalue weighted by atomic mass is 35.5.